The van der Waals surface area contributed by atoms with Crippen LogP contribution in [0.25, 0.3) is 102 Å². The number of fused-ring (bicyclic) bond motifs is 8. The SMILES string of the molecule is CC1CC2CC(C)C3(c4cc(-c5nc(-c6nc(-c7ccccc7)nc(-c7ccccc7)n6)c(-c6ccccc6)cc5-c5nc(-c6ccccc6)nc(-c6ccccc6)n5)ccc4-c4ccc(C(C)C)cc43)C(C1)C2. The molecule has 3 aliphatic carbocycles. The van der Waals surface area contributed by atoms with Crippen molar-refractivity contribution in [3.05, 3.63) is 211 Å². The molecule has 0 aliphatic heterocycles. The van der Waals surface area contributed by atoms with Gasteiger partial charge in [0.25, 0.3) is 0 Å². The average Bonchev–Trinajstić information content (AvgIpc) is 3.90. The summed E-state index contributed by atoms with van der Waals surface area (Å²) in [5.41, 5.74) is 15.5. The van der Waals surface area contributed by atoms with Crippen molar-refractivity contribution in [2.75, 3.05) is 0 Å². The summed E-state index contributed by atoms with van der Waals surface area (Å²) >= 11 is 0. The molecule has 0 radical (unpaired) electrons. The van der Waals surface area contributed by atoms with Crippen molar-refractivity contribution in [3.8, 4) is 102 Å². The summed E-state index contributed by atoms with van der Waals surface area (Å²) in [5, 5.41) is 0. The van der Waals surface area contributed by atoms with Crippen LogP contribution in [0.5, 0.6) is 0 Å². The van der Waals surface area contributed by atoms with Crippen LogP contribution < -0.4 is 0 Å². The lowest BCUT2D eigenvalue weighted by Gasteiger charge is -2.54. The number of hydrogen-bond acceptors (Lipinski definition) is 7. The number of aromatic nitrogens is 7. The molecule has 2 saturated carbocycles. The number of benzene rings is 7. The fourth-order valence-electron chi connectivity index (χ4n) is 13.0. The van der Waals surface area contributed by atoms with Crippen LogP contribution in [0, 0.1) is 23.7 Å². The van der Waals surface area contributed by atoms with Crippen LogP contribution >= 0.6 is 0 Å². The standard InChI is InChI=1S/C67H57N7/c1-41(2)50-30-32-53-54-33-31-51(39-58(54)67(57(53)38-50)43(4)36-44-34-42(3)35-52(67)37-44)59-56(65-71-61(46-22-12-6-13-23-46)69-62(72-65)47-24-14-7-15-25-47)40-55(45-20-10-5-11-21-45)60(68-59)66-73-63(48-26-16-8-17-27-48)70-64(74-66)49-28-18-9-19-29-49/h5-33,38-44,52H,34-37H2,1-4H3. The van der Waals surface area contributed by atoms with E-state index < -0.39 is 0 Å². The van der Waals surface area contributed by atoms with E-state index in [4.69, 9.17) is 34.9 Å². The molecule has 74 heavy (non-hydrogen) atoms. The molecule has 0 N–H and O–H groups in total. The molecule has 2 fully saturated rings. The molecule has 0 amide bonds. The van der Waals surface area contributed by atoms with Gasteiger partial charge in [0, 0.05) is 44.4 Å². The van der Waals surface area contributed by atoms with Crippen LogP contribution in [0.15, 0.2) is 194 Å². The molecule has 5 unspecified atom stereocenters. The molecule has 360 valence electrons. The molecule has 0 saturated heterocycles. The van der Waals surface area contributed by atoms with Crippen molar-refractivity contribution in [1.29, 1.82) is 0 Å². The Hall–Kier alpha value is -8.29. The fraction of sp³-hybridized carbons (Fsp3) is 0.209. The van der Waals surface area contributed by atoms with Gasteiger partial charge in [-0.2, -0.15) is 0 Å². The van der Waals surface area contributed by atoms with Gasteiger partial charge in [-0.15, -0.1) is 0 Å². The molecular formula is C67H57N7. The molecule has 10 aromatic rings. The predicted molar refractivity (Wildman–Crippen MR) is 299 cm³/mol. The Balaban J connectivity index is 1.12. The molecular weight excluding hydrogens is 903 g/mol. The first-order valence-corrected chi connectivity index (χ1v) is 26.4. The van der Waals surface area contributed by atoms with Crippen LogP contribution in [-0.2, 0) is 5.41 Å². The fourth-order valence-corrected chi connectivity index (χ4v) is 13.0. The number of pyridine rings is 1. The quantitative estimate of drug-likeness (QED) is 0.142. The summed E-state index contributed by atoms with van der Waals surface area (Å²) in [6.07, 6.45) is 5.02. The first-order chi connectivity index (χ1) is 36.3. The minimum atomic E-state index is -0.152. The van der Waals surface area contributed by atoms with Crippen molar-refractivity contribution < 1.29 is 0 Å². The van der Waals surface area contributed by atoms with Crippen LogP contribution in [0.3, 0.4) is 0 Å². The van der Waals surface area contributed by atoms with Gasteiger partial charge in [-0.3, -0.25) is 0 Å². The average molecular weight is 960 g/mol. The summed E-state index contributed by atoms with van der Waals surface area (Å²) in [7, 11) is 0. The maximum atomic E-state index is 5.93. The summed E-state index contributed by atoms with van der Waals surface area (Å²) in [5.74, 6) is 6.14. The molecule has 7 heteroatoms. The molecule has 1 spiro atoms. The van der Waals surface area contributed by atoms with Gasteiger partial charge in [0.15, 0.2) is 34.9 Å². The van der Waals surface area contributed by atoms with E-state index in [1.54, 1.807) is 0 Å². The van der Waals surface area contributed by atoms with E-state index in [1.807, 2.05) is 103 Å². The van der Waals surface area contributed by atoms with Crippen molar-refractivity contribution >= 4 is 0 Å². The zero-order valence-electron chi connectivity index (χ0n) is 42.3. The van der Waals surface area contributed by atoms with E-state index in [2.05, 4.69) is 119 Å². The van der Waals surface area contributed by atoms with Crippen LogP contribution in [-0.4, -0.2) is 34.9 Å². The highest BCUT2D eigenvalue weighted by Gasteiger charge is 2.56. The second kappa shape index (κ2) is 18.6. The van der Waals surface area contributed by atoms with E-state index in [0.29, 0.717) is 64.3 Å². The number of hydrogen-bond donors (Lipinski definition) is 0. The van der Waals surface area contributed by atoms with Crippen LogP contribution in [0.1, 0.15) is 76.0 Å². The lowest BCUT2D eigenvalue weighted by molar-refractivity contribution is 0.0426. The van der Waals surface area contributed by atoms with E-state index in [9.17, 15) is 0 Å². The largest absolute Gasteiger partial charge is 0.243 e. The smallest absolute Gasteiger partial charge is 0.183 e. The van der Waals surface area contributed by atoms with Crippen molar-refractivity contribution in [2.45, 2.75) is 64.7 Å². The topological polar surface area (TPSA) is 90.2 Å². The third-order valence-corrected chi connectivity index (χ3v) is 16.3. The van der Waals surface area contributed by atoms with E-state index in [1.165, 1.54) is 53.5 Å². The minimum absolute atomic E-state index is 0.152. The van der Waals surface area contributed by atoms with E-state index in [0.717, 1.165) is 56.1 Å². The number of rotatable bonds is 9. The van der Waals surface area contributed by atoms with Gasteiger partial charge in [0.1, 0.15) is 5.69 Å². The Bertz CT molecular complexity index is 3580. The zero-order chi connectivity index (χ0) is 49.9. The second-order valence-electron chi connectivity index (χ2n) is 21.3. The molecule has 3 aliphatic rings. The van der Waals surface area contributed by atoms with Gasteiger partial charge in [0.05, 0.1) is 5.69 Å². The van der Waals surface area contributed by atoms with Gasteiger partial charge in [-0.1, -0.05) is 210 Å². The minimum Gasteiger partial charge on any atom is -0.243 e. The Morgan fingerprint density at radius 1 is 0.365 bits per heavy atom. The Labute approximate surface area is 434 Å². The maximum Gasteiger partial charge on any atom is 0.183 e. The second-order valence-corrected chi connectivity index (χ2v) is 21.3. The van der Waals surface area contributed by atoms with Crippen molar-refractivity contribution in [1.82, 2.24) is 34.9 Å². The van der Waals surface area contributed by atoms with Gasteiger partial charge in [-0.05, 0) is 101 Å². The number of nitrogens with zero attached hydrogens (tertiary/aromatic N) is 7. The van der Waals surface area contributed by atoms with E-state index >= 15 is 0 Å². The van der Waals surface area contributed by atoms with Gasteiger partial charge < -0.3 is 0 Å². The van der Waals surface area contributed by atoms with Gasteiger partial charge in [-0.25, -0.2) is 34.9 Å². The first-order valence-electron chi connectivity index (χ1n) is 26.4. The van der Waals surface area contributed by atoms with Crippen LogP contribution in [0.2, 0.25) is 0 Å². The van der Waals surface area contributed by atoms with Crippen LogP contribution in [0.4, 0.5) is 0 Å². The highest BCUT2D eigenvalue weighted by atomic mass is 15.1. The summed E-state index contributed by atoms with van der Waals surface area (Å²) < 4.78 is 0. The molecule has 3 heterocycles. The lowest BCUT2D eigenvalue weighted by Crippen LogP contribution is -2.49. The molecule has 7 aromatic carbocycles. The molecule has 13 rings (SSSR count). The maximum absolute atomic E-state index is 5.93. The first kappa shape index (κ1) is 45.6. The van der Waals surface area contributed by atoms with Crippen molar-refractivity contribution in [3.63, 3.8) is 0 Å². The zero-order valence-corrected chi connectivity index (χ0v) is 42.3. The molecule has 3 aromatic heterocycles. The third kappa shape index (κ3) is 7.93. The van der Waals surface area contributed by atoms with Gasteiger partial charge in [0.2, 0.25) is 0 Å². The highest BCUT2D eigenvalue weighted by molar-refractivity contribution is 5.92. The predicted octanol–water partition coefficient (Wildman–Crippen LogP) is 16.3. The summed E-state index contributed by atoms with van der Waals surface area (Å²) in [4.78, 5) is 37.6. The van der Waals surface area contributed by atoms with Crippen molar-refractivity contribution in [2.24, 2.45) is 23.7 Å². The highest BCUT2D eigenvalue weighted by Crippen LogP contribution is 2.65. The Kier molecular flexibility index (Phi) is 11.5. The Morgan fingerprint density at radius 2 is 0.824 bits per heavy atom. The monoisotopic (exact) mass is 959 g/mol. The molecule has 7 nitrogen and oxygen atoms in total. The summed E-state index contributed by atoms with van der Waals surface area (Å²) in [6, 6.07) is 67.9. The normalized spacial score (nSPS) is 19.6. The molecule has 2 bridgehead atoms. The lowest BCUT2D eigenvalue weighted by atomic mass is 9.49. The van der Waals surface area contributed by atoms with Gasteiger partial charge >= 0.3 is 0 Å². The Morgan fingerprint density at radius 3 is 1.34 bits per heavy atom. The third-order valence-electron chi connectivity index (χ3n) is 16.3. The summed E-state index contributed by atoms with van der Waals surface area (Å²) in [6.45, 7) is 9.69. The van der Waals surface area contributed by atoms with E-state index in [-0.39, 0.29) is 5.41 Å². The molecule has 5 atom stereocenters.